The van der Waals surface area contributed by atoms with Crippen molar-refractivity contribution in [3.8, 4) is 16.9 Å². The van der Waals surface area contributed by atoms with E-state index in [-0.39, 0.29) is 5.97 Å². The molecule has 2 aromatic rings. The summed E-state index contributed by atoms with van der Waals surface area (Å²) in [6.07, 6.45) is 0.0745. The molecule has 1 aliphatic rings. The van der Waals surface area contributed by atoms with Crippen molar-refractivity contribution in [1.29, 1.82) is 0 Å². The molecular weight excluding hydrogens is 252 g/mol. The van der Waals surface area contributed by atoms with E-state index in [0.29, 0.717) is 13.0 Å². The van der Waals surface area contributed by atoms with Crippen LogP contribution in [0.25, 0.3) is 11.1 Å². The van der Waals surface area contributed by atoms with Crippen LogP contribution in [0.1, 0.15) is 12.5 Å². The van der Waals surface area contributed by atoms with Gasteiger partial charge >= 0.3 is 5.97 Å². The van der Waals surface area contributed by atoms with E-state index in [1.165, 1.54) is 0 Å². The van der Waals surface area contributed by atoms with Crippen molar-refractivity contribution in [1.82, 2.24) is 0 Å². The van der Waals surface area contributed by atoms with Crippen LogP contribution < -0.4 is 4.74 Å². The van der Waals surface area contributed by atoms with Gasteiger partial charge in [0.25, 0.3) is 0 Å². The lowest BCUT2D eigenvalue weighted by molar-refractivity contribution is -0.150. The molecule has 0 saturated heterocycles. The van der Waals surface area contributed by atoms with Crippen LogP contribution in [-0.4, -0.2) is 18.7 Å². The van der Waals surface area contributed by atoms with Crippen LogP contribution in [0.2, 0.25) is 0 Å². The maximum Gasteiger partial charge on any atom is 0.347 e. The first-order valence-electron chi connectivity index (χ1n) is 6.79. The first kappa shape index (κ1) is 12.7. The lowest BCUT2D eigenvalue weighted by Gasteiger charge is -2.08. The number of carbonyl (C=O) groups is 1. The van der Waals surface area contributed by atoms with Crippen LogP contribution in [0.15, 0.2) is 48.5 Å². The molecule has 0 spiro atoms. The zero-order chi connectivity index (χ0) is 13.9. The molecule has 0 radical (unpaired) electrons. The quantitative estimate of drug-likeness (QED) is 0.802. The Balaban J connectivity index is 1.83. The van der Waals surface area contributed by atoms with E-state index in [1.807, 2.05) is 30.3 Å². The molecular formula is C17H16O3. The number of esters is 1. The molecule has 20 heavy (non-hydrogen) atoms. The van der Waals surface area contributed by atoms with Gasteiger partial charge < -0.3 is 9.47 Å². The van der Waals surface area contributed by atoms with Gasteiger partial charge in [-0.1, -0.05) is 36.4 Å². The summed E-state index contributed by atoms with van der Waals surface area (Å²) in [5.74, 6) is 0.493. The molecule has 0 amide bonds. The molecule has 0 aromatic heterocycles. The van der Waals surface area contributed by atoms with E-state index in [2.05, 4.69) is 18.2 Å². The monoisotopic (exact) mass is 268 g/mol. The Morgan fingerprint density at radius 1 is 1.20 bits per heavy atom. The van der Waals surface area contributed by atoms with Gasteiger partial charge in [-0.3, -0.25) is 0 Å². The highest BCUT2D eigenvalue weighted by molar-refractivity contribution is 5.77. The molecule has 0 aliphatic carbocycles. The fourth-order valence-electron chi connectivity index (χ4n) is 2.43. The molecule has 1 atom stereocenters. The molecule has 3 nitrogen and oxygen atoms in total. The average Bonchev–Trinajstić information content (AvgIpc) is 2.91. The van der Waals surface area contributed by atoms with Gasteiger partial charge in [0.2, 0.25) is 0 Å². The number of rotatable bonds is 3. The van der Waals surface area contributed by atoms with Crippen molar-refractivity contribution in [3.63, 3.8) is 0 Å². The van der Waals surface area contributed by atoms with Gasteiger partial charge in [0.05, 0.1) is 6.61 Å². The Kier molecular flexibility index (Phi) is 3.42. The number of fused-ring (bicyclic) bond motifs is 1. The molecule has 0 saturated carbocycles. The van der Waals surface area contributed by atoms with Gasteiger partial charge in [0.1, 0.15) is 5.75 Å². The van der Waals surface area contributed by atoms with Gasteiger partial charge in [-0.25, -0.2) is 4.79 Å². The van der Waals surface area contributed by atoms with Crippen molar-refractivity contribution < 1.29 is 14.3 Å². The maximum atomic E-state index is 11.7. The predicted molar refractivity (Wildman–Crippen MR) is 76.6 cm³/mol. The number of ether oxygens (including phenoxy) is 2. The van der Waals surface area contributed by atoms with Crippen LogP contribution in [0.4, 0.5) is 0 Å². The first-order valence-corrected chi connectivity index (χ1v) is 6.79. The van der Waals surface area contributed by atoms with E-state index >= 15 is 0 Å². The molecule has 1 heterocycles. The Morgan fingerprint density at radius 2 is 2.00 bits per heavy atom. The minimum absolute atomic E-state index is 0.287. The van der Waals surface area contributed by atoms with E-state index in [9.17, 15) is 4.79 Å². The molecule has 2 aromatic carbocycles. The second-order valence-corrected chi connectivity index (χ2v) is 4.75. The summed E-state index contributed by atoms with van der Waals surface area (Å²) in [5, 5.41) is 0. The summed E-state index contributed by atoms with van der Waals surface area (Å²) >= 11 is 0. The van der Waals surface area contributed by atoms with Gasteiger partial charge in [-0.2, -0.15) is 0 Å². The summed E-state index contributed by atoms with van der Waals surface area (Å²) < 4.78 is 10.6. The third-order valence-electron chi connectivity index (χ3n) is 3.39. The lowest BCUT2D eigenvalue weighted by Crippen LogP contribution is -2.27. The van der Waals surface area contributed by atoms with E-state index < -0.39 is 6.10 Å². The Bertz CT molecular complexity index is 619. The zero-order valence-electron chi connectivity index (χ0n) is 11.3. The molecule has 1 aliphatic heterocycles. The molecule has 0 N–H and O–H groups in total. The maximum absolute atomic E-state index is 11.7. The van der Waals surface area contributed by atoms with Crippen LogP contribution >= 0.6 is 0 Å². The molecule has 1 unspecified atom stereocenters. The third-order valence-corrected chi connectivity index (χ3v) is 3.39. The largest absolute Gasteiger partial charge is 0.478 e. The summed E-state index contributed by atoms with van der Waals surface area (Å²) in [6, 6.07) is 16.2. The number of hydrogen-bond acceptors (Lipinski definition) is 3. The number of hydrogen-bond donors (Lipinski definition) is 0. The second kappa shape index (κ2) is 5.37. The SMILES string of the molecule is CCOC(=O)C1Cc2cc(-c3ccccc3)ccc2O1. The molecule has 3 rings (SSSR count). The van der Waals surface area contributed by atoms with Gasteiger partial charge in [0, 0.05) is 6.42 Å². The van der Waals surface area contributed by atoms with Crippen molar-refractivity contribution >= 4 is 5.97 Å². The summed E-state index contributed by atoms with van der Waals surface area (Å²) in [7, 11) is 0. The van der Waals surface area contributed by atoms with Crippen LogP contribution in [0, 0.1) is 0 Å². The lowest BCUT2D eigenvalue weighted by atomic mass is 10.0. The smallest absolute Gasteiger partial charge is 0.347 e. The average molecular weight is 268 g/mol. The zero-order valence-corrected chi connectivity index (χ0v) is 11.3. The molecule has 0 bridgehead atoms. The normalized spacial score (nSPS) is 16.4. The summed E-state index contributed by atoms with van der Waals surface area (Å²) in [6.45, 7) is 2.18. The Labute approximate surface area is 118 Å². The van der Waals surface area contributed by atoms with E-state index in [4.69, 9.17) is 9.47 Å². The van der Waals surface area contributed by atoms with Crippen molar-refractivity contribution in [2.24, 2.45) is 0 Å². The highest BCUT2D eigenvalue weighted by atomic mass is 16.6. The van der Waals surface area contributed by atoms with Crippen LogP contribution in [0.5, 0.6) is 5.75 Å². The van der Waals surface area contributed by atoms with Crippen molar-refractivity contribution in [2.75, 3.05) is 6.61 Å². The third kappa shape index (κ3) is 2.39. The van der Waals surface area contributed by atoms with E-state index in [1.54, 1.807) is 6.92 Å². The van der Waals surface area contributed by atoms with Crippen molar-refractivity contribution in [2.45, 2.75) is 19.4 Å². The molecule has 3 heteroatoms. The summed E-state index contributed by atoms with van der Waals surface area (Å²) in [5.41, 5.74) is 3.36. The van der Waals surface area contributed by atoms with Gasteiger partial charge in [-0.05, 0) is 35.7 Å². The van der Waals surface area contributed by atoms with Crippen molar-refractivity contribution in [3.05, 3.63) is 54.1 Å². The fourth-order valence-corrected chi connectivity index (χ4v) is 2.43. The Morgan fingerprint density at radius 3 is 2.75 bits per heavy atom. The fraction of sp³-hybridized carbons (Fsp3) is 0.235. The number of carbonyl (C=O) groups excluding carboxylic acids is 1. The highest BCUT2D eigenvalue weighted by Gasteiger charge is 2.30. The minimum atomic E-state index is -0.504. The van der Waals surface area contributed by atoms with E-state index in [0.717, 1.165) is 22.4 Å². The number of benzene rings is 2. The molecule has 102 valence electrons. The minimum Gasteiger partial charge on any atom is -0.478 e. The molecule has 0 fully saturated rings. The highest BCUT2D eigenvalue weighted by Crippen LogP contribution is 2.33. The second-order valence-electron chi connectivity index (χ2n) is 4.75. The predicted octanol–water partition coefficient (Wildman–Crippen LogP) is 3.22. The first-order chi connectivity index (χ1) is 9.78. The van der Waals surface area contributed by atoms with Crippen LogP contribution in [-0.2, 0) is 16.0 Å². The van der Waals surface area contributed by atoms with Gasteiger partial charge in [0.15, 0.2) is 6.10 Å². The topological polar surface area (TPSA) is 35.5 Å². The van der Waals surface area contributed by atoms with Gasteiger partial charge in [-0.15, -0.1) is 0 Å². The summed E-state index contributed by atoms with van der Waals surface area (Å²) in [4.78, 5) is 11.7. The Hall–Kier alpha value is -2.29. The standard InChI is InChI=1S/C17H16O3/c1-2-19-17(18)16-11-14-10-13(8-9-15(14)20-16)12-6-4-3-5-7-12/h3-10,16H,2,11H2,1H3. The van der Waals surface area contributed by atoms with Crippen LogP contribution in [0.3, 0.4) is 0 Å².